The zero-order valence-corrected chi connectivity index (χ0v) is 13.2. The number of rotatable bonds is 6. The van der Waals surface area contributed by atoms with E-state index in [1.165, 1.54) is 16.7 Å². The molecule has 4 nitrogen and oxygen atoms in total. The Bertz CT molecular complexity index is 476. The van der Waals surface area contributed by atoms with E-state index in [2.05, 4.69) is 0 Å². The SMILES string of the molecule is CC(Sc1ccc(Cl)cc1)C(=O)N(CC(=O)O)C(C)C. The fourth-order valence-corrected chi connectivity index (χ4v) is 2.73. The molecule has 0 aromatic heterocycles. The Morgan fingerprint density at radius 2 is 1.80 bits per heavy atom. The second kappa shape index (κ2) is 7.55. The summed E-state index contributed by atoms with van der Waals surface area (Å²) in [4.78, 5) is 25.4. The molecule has 1 atom stereocenters. The van der Waals surface area contributed by atoms with Gasteiger partial charge in [0, 0.05) is 16.0 Å². The summed E-state index contributed by atoms with van der Waals surface area (Å²) in [6.07, 6.45) is 0. The molecule has 1 unspecified atom stereocenters. The molecular weight excluding hydrogens is 298 g/mol. The molecule has 20 heavy (non-hydrogen) atoms. The minimum Gasteiger partial charge on any atom is -0.480 e. The van der Waals surface area contributed by atoms with Crippen LogP contribution in [0, 0.1) is 0 Å². The number of carbonyl (C=O) groups is 2. The van der Waals surface area contributed by atoms with Gasteiger partial charge in [-0.2, -0.15) is 0 Å². The lowest BCUT2D eigenvalue weighted by Gasteiger charge is -2.27. The summed E-state index contributed by atoms with van der Waals surface area (Å²) in [5.41, 5.74) is 0. The molecule has 0 aliphatic rings. The molecule has 0 saturated carbocycles. The molecule has 0 fully saturated rings. The number of hydrogen-bond acceptors (Lipinski definition) is 3. The Labute approximate surface area is 128 Å². The smallest absolute Gasteiger partial charge is 0.323 e. The van der Waals surface area contributed by atoms with Crippen LogP contribution in [-0.4, -0.2) is 39.7 Å². The largest absolute Gasteiger partial charge is 0.480 e. The second-order valence-corrected chi connectivity index (χ2v) is 6.52. The first-order valence-electron chi connectivity index (χ1n) is 6.25. The van der Waals surface area contributed by atoms with Crippen molar-refractivity contribution >= 4 is 35.2 Å². The van der Waals surface area contributed by atoms with Crippen LogP contribution in [0.2, 0.25) is 5.02 Å². The lowest BCUT2D eigenvalue weighted by Crippen LogP contribution is -2.44. The summed E-state index contributed by atoms with van der Waals surface area (Å²) >= 11 is 7.20. The van der Waals surface area contributed by atoms with E-state index < -0.39 is 5.97 Å². The zero-order valence-electron chi connectivity index (χ0n) is 11.7. The molecule has 0 bridgehead atoms. The Morgan fingerprint density at radius 1 is 1.25 bits per heavy atom. The van der Waals surface area contributed by atoms with Crippen molar-refractivity contribution in [3.63, 3.8) is 0 Å². The van der Waals surface area contributed by atoms with Crippen molar-refractivity contribution in [3.05, 3.63) is 29.3 Å². The summed E-state index contributed by atoms with van der Waals surface area (Å²) < 4.78 is 0. The average Bonchev–Trinajstić information content (AvgIpc) is 2.37. The van der Waals surface area contributed by atoms with Crippen LogP contribution in [0.1, 0.15) is 20.8 Å². The van der Waals surface area contributed by atoms with Gasteiger partial charge in [-0.15, -0.1) is 11.8 Å². The Balaban J connectivity index is 2.73. The molecule has 0 spiro atoms. The summed E-state index contributed by atoms with van der Waals surface area (Å²) in [7, 11) is 0. The first-order valence-corrected chi connectivity index (χ1v) is 7.51. The molecule has 0 radical (unpaired) electrons. The van der Waals surface area contributed by atoms with Crippen LogP contribution in [0.3, 0.4) is 0 Å². The average molecular weight is 316 g/mol. The van der Waals surface area contributed by atoms with E-state index in [0.717, 1.165) is 4.90 Å². The number of hydrogen-bond donors (Lipinski definition) is 1. The van der Waals surface area contributed by atoms with Crippen molar-refractivity contribution in [2.24, 2.45) is 0 Å². The molecule has 1 amide bonds. The van der Waals surface area contributed by atoms with Crippen molar-refractivity contribution in [1.29, 1.82) is 0 Å². The van der Waals surface area contributed by atoms with Crippen molar-refractivity contribution in [1.82, 2.24) is 4.90 Å². The molecule has 6 heteroatoms. The Morgan fingerprint density at radius 3 is 2.25 bits per heavy atom. The quantitative estimate of drug-likeness (QED) is 0.819. The molecule has 1 aromatic carbocycles. The highest BCUT2D eigenvalue weighted by Gasteiger charge is 2.25. The molecule has 110 valence electrons. The topological polar surface area (TPSA) is 57.6 Å². The maximum atomic E-state index is 12.3. The number of halogens is 1. The van der Waals surface area contributed by atoms with E-state index in [0.29, 0.717) is 5.02 Å². The predicted octanol–water partition coefficient (Wildman–Crippen LogP) is 3.14. The van der Waals surface area contributed by atoms with Gasteiger partial charge in [-0.1, -0.05) is 11.6 Å². The van der Waals surface area contributed by atoms with Gasteiger partial charge in [0.2, 0.25) is 5.91 Å². The molecule has 0 aliphatic carbocycles. The first-order chi connectivity index (χ1) is 9.31. The van der Waals surface area contributed by atoms with E-state index in [1.54, 1.807) is 32.9 Å². The fourth-order valence-electron chi connectivity index (χ4n) is 1.66. The minimum absolute atomic E-state index is 0.146. The van der Waals surface area contributed by atoms with Gasteiger partial charge in [0.05, 0.1) is 5.25 Å². The standard InChI is InChI=1S/C14H18ClNO3S/c1-9(2)16(8-13(17)18)14(19)10(3)20-12-6-4-11(15)5-7-12/h4-7,9-10H,8H2,1-3H3,(H,17,18). The number of aliphatic carboxylic acids is 1. The number of carboxylic acid groups (broad SMARTS) is 1. The van der Waals surface area contributed by atoms with E-state index in [-0.39, 0.29) is 23.7 Å². The van der Waals surface area contributed by atoms with Crippen LogP contribution >= 0.6 is 23.4 Å². The third-order valence-corrected chi connectivity index (χ3v) is 4.04. The van der Waals surface area contributed by atoms with E-state index in [1.807, 2.05) is 12.1 Å². The van der Waals surface area contributed by atoms with Crippen molar-refractivity contribution in [2.45, 2.75) is 37.0 Å². The number of thioether (sulfide) groups is 1. The molecule has 0 heterocycles. The van der Waals surface area contributed by atoms with Gasteiger partial charge in [0.1, 0.15) is 6.54 Å². The van der Waals surface area contributed by atoms with Crippen molar-refractivity contribution < 1.29 is 14.7 Å². The van der Waals surface area contributed by atoms with Crippen LogP contribution in [0.5, 0.6) is 0 Å². The highest BCUT2D eigenvalue weighted by atomic mass is 35.5. The van der Waals surface area contributed by atoms with E-state index in [9.17, 15) is 9.59 Å². The van der Waals surface area contributed by atoms with Crippen LogP contribution in [-0.2, 0) is 9.59 Å². The minimum atomic E-state index is -1.00. The van der Waals surface area contributed by atoms with Gasteiger partial charge in [-0.3, -0.25) is 9.59 Å². The fraction of sp³-hybridized carbons (Fsp3) is 0.429. The van der Waals surface area contributed by atoms with Gasteiger partial charge in [0.25, 0.3) is 0 Å². The van der Waals surface area contributed by atoms with E-state index >= 15 is 0 Å². The number of nitrogens with zero attached hydrogens (tertiary/aromatic N) is 1. The van der Waals surface area contributed by atoms with Crippen molar-refractivity contribution in [3.8, 4) is 0 Å². The highest BCUT2D eigenvalue weighted by Crippen LogP contribution is 2.26. The number of carboxylic acids is 1. The summed E-state index contributed by atoms with van der Waals surface area (Å²) in [6.45, 7) is 5.11. The monoisotopic (exact) mass is 315 g/mol. The number of benzene rings is 1. The molecule has 1 rings (SSSR count). The van der Waals surface area contributed by atoms with Crippen LogP contribution in [0.25, 0.3) is 0 Å². The van der Waals surface area contributed by atoms with Gasteiger partial charge in [-0.05, 0) is 45.0 Å². The maximum absolute atomic E-state index is 12.3. The highest BCUT2D eigenvalue weighted by molar-refractivity contribution is 8.00. The summed E-state index contributed by atoms with van der Waals surface area (Å²) in [6, 6.07) is 7.06. The first kappa shape index (κ1) is 16.9. The normalized spacial score (nSPS) is 12.2. The van der Waals surface area contributed by atoms with Crippen LogP contribution in [0.4, 0.5) is 0 Å². The lowest BCUT2D eigenvalue weighted by atomic mass is 10.3. The zero-order chi connectivity index (χ0) is 15.3. The summed E-state index contributed by atoms with van der Waals surface area (Å²) in [5.74, 6) is -1.18. The predicted molar refractivity (Wildman–Crippen MR) is 81.3 cm³/mol. The van der Waals surface area contributed by atoms with E-state index in [4.69, 9.17) is 16.7 Å². The van der Waals surface area contributed by atoms with Gasteiger partial charge in [0.15, 0.2) is 0 Å². The summed E-state index contributed by atoms with van der Waals surface area (Å²) in [5, 5.41) is 9.16. The number of carbonyl (C=O) groups excluding carboxylic acids is 1. The van der Waals surface area contributed by atoms with Crippen LogP contribution < -0.4 is 0 Å². The lowest BCUT2D eigenvalue weighted by molar-refractivity contribution is -0.145. The molecule has 0 saturated heterocycles. The number of amides is 1. The van der Waals surface area contributed by atoms with Crippen molar-refractivity contribution in [2.75, 3.05) is 6.54 Å². The van der Waals surface area contributed by atoms with Gasteiger partial charge < -0.3 is 10.0 Å². The Hall–Kier alpha value is -1.20. The Kier molecular flexibility index (Phi) is 6.36. The van der Waals surface area contributed by atoms with Gasteiger partial charge in [-0.25, -0.2) is 0 Å². The van der Waals surface area contributed by atoms with Crippen LogP contribution in [0.15, 0.2) is 29.2 Å². The van der Waals surface area contributed by atoms with Gasteiger partial charge >= 0.3 is 5.97 Å². The molecular formula is C14H18ClNO3S. The third kappa shape index (κ3) is 5.06. The maximum Gasteiger partial charge on any atom is 0.323 e. The third-order valence-electron chi connectivity index (χ3n) is 2.69. The molecule has 1 N–H and O–H groups in total. The molecule has 1 aromatic rings. The molecule has 0 aliphatic heterocycles. The second-order valence-electron chi connectivity index (χ2n) is 4.67.